The largest absolute Gasteiger partial charge is 0.391 e. The Morgan fingerprint density at radius 2 is 2.15 bits per heavy atom. The average molecular weight is 363 g/mol. The van der Waals surface area contributed by atoms with Crippen molar-refractivity contribution in [2.75, 3.05) is 33.4 Å². The number of hydrogen-bond donors (Lipinski definition) is 2. The first kappa shape index (κ1) is 17.9. The molecule has 1 aromatic heterocycles. The van der Waals surface area contributed by atoms with Crippen molar-refractivity contribution in [3.63, 3.8) is 0 Å². The second kappa shape index (κ2) is 7.62. The molecule has 2 aliphatic heterocycles. The first-order valence-corrected chi connectivity index (χ1v) is 9.80. The Kier molecular flexibility index (Phi) is 5.24. The quantitative estimate of drug-likeness (QED) is 0.755. The van der Waals surface area contributed by atoms with Crippen LogP contribution >= 0.6 is 0 Å². The number of nitrogens with zero attached hydrogens (tertiary/aromatic N) is 4. The first-order valence-electron chi connectivity index (χ1n) is 9.80. The van der Waals surface area contributed by atoms with E-state index in [1.807, 2.05) is 18.1 Å². The van der Waals surface area contributed by atoms with Gasteiger partial charge in [0, 0.05) is 44.5 Å². The van der Waals surface area contributed by atoms with E-state index >= 15 is 0 Å². The number of carbonyl (C=O) groups is 1. The number of nitrogens with one attached hydrogen (secondary N) is 1. The van der Waals surface area contributed by atoms with Crippen molar-refractivity contribution in [2.24, 2.45) is 5.92 Å². The molecule has 2 N–H and O–H groups in total. The maximum absolute atomic E-state index is 13.5. The lowest BCUT2D eigenvalue weighted by molar-refractivity contribution is -0.139. The van der Waals surface area contributed by atoms with Crippen molar-refractivity contribution in [1.29, 1.82) is 0 Å². The van der Waals surface area contributed by atoms with Crippen LogP contribution in [0.4, 0.5) is 0 Å². The number of aliphatic hydroxyl groups excluding tert-OH is 1. The molecule has 3 aliphatic rings. The highest BCUT2D eigenvalue weighted by Crippen LogP contribution is 2.39. The molecule has 8 heteroatoms. The molecule has 1 aromatic rings. The Morgan fingerprint density at radius 1 is 1.38 bits per heavy atom. The van der Waals surface area contributed by atoms with Crippen molar-refractivity contribution >= 4 is 5.91 Å². The lowest BCUT2D eigenvalue weighted by Gasteiger charge is -2.34. The fourth-order valence-electron chi connectivity index (χ4n) is 4.32. The minimum atomic E-state index is -0.453. The van der Waals surface area contributed by atoms with Crippen LogP contribution in [0.3, 0.4) is 0 Å². The summed E-state index contributed by atoms with van der Waals surface area (Å²) in [5.74, 6) is 0.763. The van der Waals surface area contributed by atoms with Crippen LogP contribution in [-0.4, -0.2) is 76.4 Å². The third-order valence-corrected chi connectivity index (χ3v) is 5.89. The Morgan fingerprint density at radius 3 is 2.85 bits per heavy atom. The van der Waals surface area contributed by atoms with Crippen LogP contribution in [0.15, 0.2) is 6.20 Å². The summed E-state index contributed by atoms with van der Waals surface area (Å²) in [6.07, 6.45) is 6.16. The number of aromatic nitrogens is 3. The van der Waals surface area contributed by atoms with Crippen LogP contribution in [0.25, 0.3) is 0 Å². The van der Waals surface area contributed by atoms with Gasteiger partial charge in [-0.05, 0) is 45.1 Å². The molecule has 0 spiro atoms. The number of β-amino-alcohol motifs (C(OH)–C–C–N with tert-alkyl or cyclic N) is 1. The second-order valence-electron chi connectivity index (χ2n) is 7.88. The molecule has 0 radical (unpaired) electrons. The number of aliphatic hydroxyl groups is 1. The second-order valence-corrected chi connectivity index (χ2v) is 7.88. The predicted octanol–water partition coefficient (Wildman–Crippen LogP) is 0.304. The van der Waals surface area contributed by atoms with Crippen LogP contribution in [0.5, 0.6) is 0 Å². The number of ether oxygens (including phenoxy) is 1. The fourth-order valence-corrected chi connectivity index (χ4v) is 4.32. The molecule has 2 saturated heterocycles. The van der Waals surface area contributed by atoms with E-state index < -0.39 is 6.10 Å². The molecule has 3 unspecified atom stereocenters. The van der Waals surface area contributed by atoms with Crippen molar-refractivity contribution in [3.8, 4) is 0 Å². The Hall–Kier alpha value is -1.51. The summed E-state index contributed by atoms with van der Waals surface area (Å²) in [6, 6.07) is -0.333. The molecule has 3 heterocycles. The number of carbonyl (C=O) groups excluding carboxylic acids is 1. The summed E-state index contributed by atoms with van der Waals surface area (Å²) < 4.78 is 7.29. The van der Waals surface area contributed by atoms with Gasteiger partial charge in [-0.3, -0.25) is 4.79 Å². The Balaban J connectivity index is 1.59. The van der Waals surface area contributed by atoms with Gasteiger partial charge in [-0.25, -0.2) is 4.68 Å². The van der Waals surface area contributed by atoms with Crippen LogP contribution in [-0.2, 0) is 9.53 Å². The highest BCUT2D eigenvalue weighted by atomic mass is 16.5. The van der Waals surface area contributed by atoms with Crippen molar-refractivity contribution in [2.45, 2.75) is 56.2 Å². The third kappa shape index (κ3) is 3.63. The van der Waals surface area contributed by atoms with Crippen molar-refractivity contribution < 1.29 is 14.6 Å². The van der Waals surface area contributed by atoms with Gasteiger partial charge in [0.25, 0.3) is 0 Å². The van der Waals surface area contributed by atoms with Gasteiger partial charge in [-0.2, -0.15) is 0 Å². The zero-order chi connectivity index (χ0) is 18.1. The average Bonchev–Trinajstić information content (AvgIpc) is 3.27. The summed E-state index contributed by atoms with van der Waals surface area (Å²) in [6.45, 7) is 2.45. The Labute approximate surface area is 153 Å². The molecule has 8 nitrogen and oxygen atoms in total. The van der Waals surface area contributed by atoms with Gasteiger partial charge in [0.2, 0.25) is 5.91 Å². The summed E-state index contributed by atoms with van der Waals surface area (Å²) >= 11 is 0. The number of likely N-dealkylation sites (N-methyl/N-ethyl adjacent to an activating group) is 1. The minimum absolute atomic E-state index is 0.0243. The van der Waals surface area contributed by atoms with Gasteiger partial charge in [0.15, 0.2) is 0 Å². The molecule has 0 bridgehead atoms. The van der Waals surface area contributed by atoms with Crippen LogP contribution in [0.2, 0.25) is 0 Å². The molecule has 144 valence electrons. The highest BCUT2D eigenvalue weighted by molar-refractivity contribution is 5.81. The summed E-state index contributed by atoms with van der Waals surface area (Å²) in [5.41, 5.74) is 1.00. The third-order valence-electron chi connectivity index (χ3n) is 5.89. The number of rotatable bonds is 6. The molecular formula is C18H29N5O3. The highest BCUT2D eigenvalue weighted by Gasteiger charge is 2.41. The fraction of sp³-hybridized carbons (Fsp3) is 0.833. The summed E-state index contributed by atoms with van der Waals surface area (Å²) in [4.78, 5) is 15.4. The standard InChI is InChI=1S/C18H29N5O3/c1-19-9-14-8-15(24)10-22(14)18(25)17(13-4-6-26-7-5-13)23-11-16(20-21-23)12-2-3-12/h11-15,17,19,24H,2-10H2,1H3. The van der Waals surface area contributed by atoms with E-state index in [1.54, 1.807) is 4.68 Å². The molecule has 1 saturated carbocycles. The number of likely N-dealkylation sites (tertiary alicyclic amines) is 1. The summed E-state index contributed by atoms with van der Waals surface area (Å²) in [7, 11) is 1.88. The maximum Gasteiger partial charge on any atom is 0.248 e. The van der Waals surface area contributed by atoms with Gasteiger partial charge in [-0.15, -0.1) is 5.10 Å². The van der Waals surface area contributed by atoms with E-state index in [-0.39, 0.29) is 23.9 Å². The van der Waals surface area contributed by atoms with E-state index in [2.05, 4.69) is 15.6 Å². The van der Waals surface area contributed by atoms with Gasteiger partial charge >= 0.3 is 0 Å². The number of amides is 1. The zero-order valence-electron chi connectivity index (χ0n) is 15.4. The molecular weight excluding hydrogens is 334 g/mol. The van der Waals surface area contributed by atoms with Crippen LogP contribution in [0, 0.1) is 5.92 Å². The molecule has 3 fully saturated rings. The monoisotopic (exact) mass is 363 g/mol. The molecule has 26 heavy (non-hydrogen) atoms. The van der Waals surface area contributed by atoms with E-state index in [0.29, 0.717) is 38.6 Å². The molecule has 4 rings (SSSR count). The van der Waals surface area contributed by atoms with Crippen LogP contribution in [0.1, 0.15) is 49.8 Å². The molecule has 0 aromatic carbocycles. The predicted molar refractivity (Wildman–Crippen MR) is 94.6 cm³/mol. The SMILES string of the molecule is CNCC1CC(O)CN1C(=O)C(C1CCOCC1)n1cc(C2CC2)nn1. The molecule has 1 amide bonds. The smallest absolute Gasteiger partial charge is 0.248 e. The van der Waals surface area contributed by atoms with Gasteiger partial charge in [0.05, 0.1) is 11.8 Å². The van der Waals surface area contributed by atoms with Crippen molar-refractivity contribution in [3.05, 3.63) is 11.9 Å². The van der Waals surface area contributed by atoms with Crippen LogP contribution < -0.4 is 5.32 Å². The van der Waals surface area contributed by atoms with Crippen molar-refractivity contribution in [1.82, 2.24) is 25.2 Å². The zero-order valence-corrected chi connectivity index (χ0v) is 15.4. The molecule has 1 aliphatic carbocycles. The number of hydrogen-bond acceptors (Lipinski definition) is 6. The summed E-state index contributed by atoms with van der Waals surface area (Å²) in [5, 5.41) is 21.9. The van der Waals surface area contributed by atoms with E-state index in [4.69, 9.17) is 4.74 Å². The lowest BCUT2D eigenvalue weighted by Crippen LogP contribution is -2.47. The first-order chi connectivity index (χ1) is 12.7. The van der Waals surface area contributed by atoms with E-state index in [0.717, 1.165) is 31.4 Å². The molecule has 3 atom stereocenters. The maximum atomic E-state index is 13.5. The minimum Gasteiger partial charge on any atom is -0.391 e. The van der Waals surface area contributed by atoms with E-state index in [9.17, 15) is 9.90 Å². The normalized spacial score (nSPS) is 28.5. The topological polar surface area (TPSA) is 92.5 Å². The Bertz CT molecular complexity index is 626. The lowest BCUT2D eigenvalue weighted by atomic mass is 9.90. The van der Waals surface area contributed by atoms with Gasteiger partial charge in [-0.1, -0.05) is 5.21 Å². The van der Waals surface area contributed by atoms with Gasteiger partial charge < -0.3 is 20.1 Å². The van der Waals surface area contributed by atoms with E-state index in [1.165, 1.54) is 0 Å². The van der Waals surface area contributed by atoms with Gasteiger partial charge in [0.1, 0.15) is 6.04 Å².